The van der Waals surface area contributed by atoms with Crippen LogP contribution in [0.25, 0.3) is 11.4 Å². The molecule has 2 rings (SSSR count). The van der Waals surface area contributed by atoms with Gasteiger partial charge in [0.2, 0.25) is 5.82 Å². The maximum Gasteiger partial charge on any atom is 0.451 e. The molecule has 17 heavy (non-hydrogen) atoms. The molecule has 0 aliphatic heterocycles. The summed E-state index contributed by atoms with van der Waals surface area (Å²) in [5, 5.41) is 5.17. The van der Waals surface area contributed by atoms with Gasteiger partial charge in [0.1, 0.15) is 5.82 Å². The summed E-state index contributed by atoms with van der Waals surface area (Å²) in [7, 11) is 0. The topological polar surface area (TPSA) is 41.6 Å². The lowest BCUT2D eigenvalue weighted by atomic mass is 10.1. The van der Waals surface area contributed by atoms with Crippen LogP contribution in [0.15, 0.2) is 18.2 Å². The van der Waals surface area contributed by atoms with E-state index >= 15 is 0 Å². The second-order valence-corrected chi connectivity index (χ2v) is 3.47. The van der Waals surface area contributed by atoms with Gasteiger partial charge in [-0.1, -0.05) is 12.1 Å². The minimum atomic E-state index is -4.59. The molecular formula is C10H7F4N3. The second-order valence-electron chi connectivity index (χ2n) is 3.47. The minimum Gasteiger partial charge on any atom is -0.255 e. The van der Waals surface area contributed by atoms with Crippen LogP contribution in [-0.2, 0) is 6.18 Å². The molecule has 1 N–H and O–H groups in total. The van der Waals surface area contributed by atoms with Gasteiger partial charge in [-0.3, -0.25) is 5.10 Å². The fourth-order valence-corrected chi connectivity index (χ4v) is 1.25. The van der Waals surface area contributed by atoms with Crippen LogP contribution in [0, 0.1) is 12.7 Å². The summed E-state index contributed by atoms with van der Waals surface area (Å²) in [6.45, 7) is 1.55. The van der Waals surface area contributed by atoms with Crippen LogP contribution in [0.5, 0.6) is 0 Å². The standard InChI is InChI=1S/C10H7F4N3/c1-5-2-3-6(4-7(5)11)8-15-9(17-16-8)10(12,13)14/h2-4H,1H3,(H,15,16,17). The maximum absolute atomic E-state index is 13.2. The molecule has 0 aliphatic rings. The van der Waals surface area contributed by atoms with Crippen LogP contribution < -0.4 is 0 Å². The average molecular weight is 245 g/mol. The molecule has 0 bridgehead atoms. The molecule has 0 atom stereocenters. The smallest absolute Gasteiger partial charge is 0.255 e. The van der Waals surface area contributed by atoms with Gasteiger partial charge in [0, 0.05) is 5.56 Å². The summed E-state index contributed by atoms with van der Waals surface area (Å²) < 4.78 is 50.0. The Balaban J connectivity index is 2.40. The number of hydrogen-bond acceptors (Lipinski definition) is 2. The van der Waals surface area contributed by atoms with Gasteiger partial charge >= 0.3 is 6.18 Å². The number of rotatable bonds is 1. The van der Waals surface area contributed by atoms with Crippen LogP contribution in [-0.4, -0.2) is 15.2 Å². The number of halogens is 4. The fourth-order valence-electron chi connectivity index (χ4n) is 1.25. The molecule has 0 saturated heterocycles. The first-order chi connectivity index (χ1) is 7.88. The molecule has 0 unspecified atom stereocenters. The first-order valence-corrected chi connectivity index (χ1v) is 4.64. The average Bonchev–Trinajstić information content (AvgIpc) is 2.70. The van der Waals surface area contributed by atoms with Crippen molar-refractivity contribution < 1.29 is 17.6 Å². The third kappa shape index (κ3) is 2.27. The van der Waals surface area contributed by atoms with Crippen molar-refractivity contribution in [3.05, 3.63) is 35.4 Å². The highest BCUT2D eigenvalue weighted by Gasteiger charge is 2.35. The molecule has 90 valence electrons. The number of aromatic nitrogens is 3. The van der Waals surface area contributed by atoms with Crippen molar-refractivity contribution in [2.75, 3.05) is 0 Å². The van der Waals surface area contributed by atoms with Crippen molar-refractivity contribution in [3.8, 4) is 11.4 Å². The third-order valence-electron chi connectivity index (χ3n) is 2.18. The van der Waals surface area contributed by atoms with Gasteiger partial charge in [0.15, 0.2) is 5.82 Å². The molecule has 0 amide bonds. The lowest BCUT2D eigenvalue weighted by molar-refractivity contribution is -0.144. The highest BCUT2D eigenvalue weighted by atomic mass is 19.4. The van der Waals surface area contributed by atoms with E-state index in [1.54, 1.807) is 12.0 Å². The summed E-state index contributed by atoms with van der Waals surface area (Å²) in [5.41, 5.74) is 0.597. The van der Waals surface area contributed by atoms with E-state index in [1.165, 1.54) is 12.1 Å². The Labute approximate surface area is 93.5 Å². The molecular weight excluding hydrogens is 238 g/mol. The van der Waals surface area contributed by atoms with E-state index < -0.39 is 17.8 Å². The Morgan fingerprint density at radius 3 is 2.47 bits per heavy atom. The van der Waals surface area contributed by atoms with Gasteiger partial charge in [-0.2, -0.15) is 18.3 Å². The van der Waals surface area contributed by atoms with Gasteiger partial charge in [-0.15, -0.1) is 0 Å². The summed E-state index contributed by atoms with van der Waals surface area (Å²) in [6, 6.07) is 4.01. The summed E-state index contributed by atoms with van der Waals surface area (Å²) in [5.74, 6) is -1.90. The largest absolute Gasteiger partial charge is 0.451 e. The molecule has 1 heterocycles. The van der Waals surface area contributed by atoms with E-state index in [1.807, 2.05) is 0 Å². The number of benzene rings is 1. The van der Waals surface area contributed by atoms with Crippen molar-refractivity contribution in [2.45, 2.75) is 13.1 Å². The Kier molecular flexibility index (Phi) is 2.60. The van der Waals surface area contributed by atoms with E-state index in [0.29, 0.717) is 5.56 Å². The first-order valence-electron chi connectivity index (χ1n) is 4.64. The quantitative estimate of drug-likeness (QED) is 0.785. The van der Waals surface area contributed by atoms with E-state index in [-0.39, 0.29) is 11.4 Å². The van der Waals surface area contributed by atoms with Crippen molar-refractivity contribution in [1.82, 2.24) is 15.2 Å². The zero-order valence-electron chi connectivity index (χ0n) is 8.64. The van der Waals surface area contributed by atoms with Crippen LogP contribution >= 0.6 is 0 Å². The highest BCUT2D eigenvalue weighted by Crippen LogP contribution is 2.27. The van der Waals surface area contributed by atoms with Crippen molar-refractivity contribution in [2.24, 2.45) is 0 Å². The zero-order valence-corrected chi connectivity index (χ0v) is 8.64. The van der Waals surface area contributed by atoms with Crippen LogP contribution in [0.3, 0.4) is 0 Å². The van der Waals surface area contributed by atoms with E-state index in [4.69, 9.17) is 0 Å². The number of nitrogens with one attached hydrogen (secondary N) is 1. The lowest BCUT2D eigenvalue weighted by Gasteiger charge is -1.99. The predicted molar refractivity (Wildman–Crippen MR) is 51.5 cm³/mol. The van der Waals surface area contributed by atoms with Crippen molar-refractivity contribution in [1.29, 1.82) is 0 Å². The summed E-state index contributed by atoms with van der Waals surface area (Å²) in [6.07, 6.45) is -4.59. The van der Waals surface area contributed by atoms with Crippen LogP contribution in [0.2, 0.25) is 0 Å². The van der Waals surface area contributed by atoms with Gasteiger partial charge in [-0.25, -0.2) is 9.37 Å². The third-order valence-corrected chi connectivity index (χ3v) is 2.18. The first kappa shape index (κ1) is 11.6. The number of H-pyrrole nitrogens is 1. The van der Waals surface area contributed by atoms with E-state index in [9.17, 15) is 17.6 Å². The number of nitrogens with zero attached hydrogens (tertiary/aromatic N) is 2. The molecule has 0 fully saturated rings. The van der Waals surface area contributed by atoms with Crippen LogP contribution in [0.4, 0.5) is 17.6 Å². The fraction of sp³-hybridized carbons (Fsp3) is 0.200. The number of alkyl halides is 3. The zero-order chi connectivity index (χ0) is 12.6. The Morgan fingerprint density at radius 1 is 1.24 bits per heavy atom. The molecule has 0 spiro atoms. The monoisotopic (exact) mass is 245 g/mol. The predicted octanol–water partition coefficient (Wildman–Crippen LogP) is 2.94. The van der Waals surface area contributed by atoms with E-state index in [0.717, 1.165) is 6.07 Å². The molecule has 7 heteroatoms. The second kappa shape index (κ2) is 3.83. The normalized spacial score (nSPS) is 11.8. The molecule has 0 saturated carbocycles. The van der Waals surface area contributed by atoms with E-state index in [2.05, 4.69) is 10.1 Å². The Hall–Kier alpha value is -1.92. The van der Waals surface area contributed by atoms with Crippen LogP contribution in [0.1, 0.15) is 11.4 Å². The SMILES string of the molecule is Cc1ccc(-c2n[nH]c(C(F)(F)F)n2)cc1F. The van der Waals surface area contributed by atoms with Gasteiger partial charge in [0.05, 0.1) is 0 Å². The molecule has 3 nitrogen and oxygen atoms in total. The minimum absolute atomic E-state index is 0.184. The number of aromatic amines is 1. The number of aryl methyl sites for hydroxylation is 1. The highest BCUT2D eigenvalue weighted by molar-refractivity contribution is 5.55. The maximum atomic E-state index is 13.2. The van der Waals surface area contributed by atoms with Gasteiger partial charge in [-0.05, 0) is 18.6 Å². The summed E-state index contributed by atoms with van der Waals surface area (Å²) in [4.78, 5) is 3.26. The lowest BCUT2D eigenvalue weighted by Crippen LogP contribution is -2.07. The Morgan fingerprint density at radius 2 is 1.94 bits per heavy atom. The molecule has 0 aliphatic carbocycles. The molecule has 1 aromatic carbocycles. The molecule has 1 aromatic heterocycles. The number of hydrogen-bond donors (Lipinski definition) is 1. The molecule has 2 aromatic rings. The molecule has 0 radical (unpaired) electrons. The summed E-state index contributed by atoms with van der Waals surface area (Å²) >= 11 is 0. The van der Waals surface area contributed by atoms with Crippen molar-refractivity contribution >= 4 is 0 Å². The Bertz CT molecular complexity index is 545. The van der Waals surface area contributed by atoms with Gasteiger partial charge < -0.3 is 0 Å². The van der Waals surface area contributed by atoms with Gasteiger partial charge in [0.25, 0.3) is 0 Å². The van der Waals surface area contributed by atoms with Crippen molar-refractivity contribution in [3.63, 3.8) is 0 Å².